The van der Waals surface area contributed by atoms with Gasteiger partial charge in [0.05, 0.1) is 12.8 Å². The Hall–Kier alpha value is -1.36. The molecule has 0 bridgehead atoms. The van der Waals surface area contributed by atoms with E-state index in [4.69, 9.17) is 0 Å². The maximum Gasteiger partial charge on any atom is 0.349 e. The molecule has 0 amide bonds. The summed E-state index contributed by atoms with van der Waals surface area (Å²) in [5, 5.41) is 0. The fourth-order valence-corrected chi connectivity index (χ4v) is 2.80. The molecular formula is C13H18N2O2S. The van der Waals surface area contributed by atoms with Gasteiger partial charge >= 0.3 is 5.97 Å². The number of methoxy groups -OCH3 is 1. The van der Waals surface area contributed by atoms with Crippen LogP contribution in [-0.2, 0) is 11.2 Å². The van der Waals surface area contributed by atoms with Gasteiger partial charge in [0.15, 0.2) is 4.96 Å². The second kappa shape index (κ2) is 6.00. The van der Waals surface area contributed by atoms with Crippen molar-refractivity contribution in [2.45, 2.75) is 39.0 Å². The first-order chi connectivity index (χ1) is 8.74. The summed E-state index contributed by atoms with van der Waals surface area (Å²) in [5.41, 5.74) is 1.11. The largest absolute Gasteiger partial charge is 0.465 e. The first-order valence-corrected chi connectivity index (χ1v) is 7.12. The van der Waals surface area contributed by atoms with E-state index >= 15 is 0 Å². The quantitative estimate of drug-likeness (QED) is 0.595. The summed E-state index contributed by atoms with van der Waals surface area (Å²) in [4.78, 5) is 17.3. The number of carbonyl (C=O) groups is 1. The lowest BCUT2D eigenvalue weighted by Gasteiger charge is -1.95. The Kier molecular flexibility index (Phi) is 4.36. The topological polar surface area (TPSA) is 43.6 Å². The number of carbonyl (C=O) groups excluding carboxylic acids is 1. The standard InChI is InChI=1S/C13H18N2O2S/c1-3-4-5-6-7-10-8-15-9-11(12(16)17-2)18-13(15)14-10/h8-9H,3-7H2,1-2H3. The number of aryl methyl sites for hydroxylation is 1. The first kappa shape index (κ1) is 13.1. The molecule has 2 rings (SSSR count). The second-order valence-electron chi connectivity index (χ2n) is 4.32. The summed E-state index contributed by atoms with van der Waals surface area (Å²) in [6.07, 6.45) is 9.79. The van der Waals surface area contributed by atoms with Gasteiger partial charge in [-0.1, -0.05) is 37.5 Å². The van der Waals surface area contributed by atoms with Crippen molar-refractivity contribution in [1.29, 1.82) is 0 Å². The van der Waals surface area contributed by atoms with E-state index in [-0.39, 0.29) is 5.97 Å². The molecule has 0 N–H and O–H groups in total. The first-order valence-electron chi connectivity index (χ1n) is 6.30. The number of nitrogens with zero attached hydrogens (tertiary/aromatic N) is 2. The minimum absolute atomic E-state index is 0.296. The molecule has 18 heavy (non-hydrogen) atoms. The molecule has 0 aliphatic rings. The number of thiazole rings is 1. The zero-order chi connectivity index (χ0) is 13.0. The summed E-state index contributed by atoms with van der Waals surface area (Å²) >= 11 is 1.37. The lowest BCUT2D eigenvalue weighted by molar-refractivity contribution is 0.0606. The van der Waals surface area contributed by atoms with E-state index in [2.05, 4.69) is 16.6 Å². The Balaban J connectivity index is 2.01. The maximum atomic E-state index is 11.4. The number of imidazole rings is 1. The molecule has 0 saturated heterocycles. The van der Waals surface area contributed by atoms with Crippen LogP contribution in [0.3, 0.4) is 0 Å². The molecule has 98 valence electrons. The zero-order valence-corrected chi connectivity index (χ0v) is 11.6. The number of hydrogen-bond acceptors (Lipinski definition) is 4. The number of esters is 1. The zero-order valence-electron chi connectivity index (χ0n) is 10.8. The molecule has 0 saturated carbocycles. The third-order valence-electron chi connectivity index (χ3n) is 2.88. The summed E-state index contributed by atoms with van der Waals surface area (Å²) in [6, 6.07) is 0. The van der Waals surface area contributed by atoms with Crippen molar-refractivity contribution >= 4 is 22.3 Å². The highest BCUT2D eigenvalue weighted by Crippen LogP contribution is 2.19. The molecule has 5 heteroatoms. The van der Waals surface area contributed by atoms with Crippen molar-refractivity contribution in [2.24, 2.45) is 0 Å². The lowest BCUT2D eigenvalue weighted by Crippen LogP contribution is -1.97. The van der Waals surface area contributed by atoms with E-state index in [1.165, 1.54) is 44.1 Å². The Morgan fingerprint density at radius 1 is 1.39 bits per heavy atom. The minimum Gasteiger partial charge on any atom is -0.465 e. The molecule has 2 aromatic rings. The molecule has 0 aromatic carbocycles. The molecule has 2 aromatic heterocycles. The number of aromatic nitrogens is 2. The third-order valence-corrected chi connectivity index (χ3v) is 3.86. The van der Waals surface area contributed by atoms with Crippen molar-refractivity contribution in [3.8, 4) is 0 Å². The summed E-state index contributed by atoms with van der Waals surface area (Å²) in [6.45, 7) is 2.21. The van der Waals surface area contributed by atoms with Crippen LogP contribution in [0.15, 0.2) is 12.4 Å². The van der Waals surface area contributed by atoms with E-state index in [0.29, 0.717) is 4.88 Å². The monoisotopic (exact) mass is 266 g/mol. The van der Waals surface area contributed by atoms with E-state index in [0.717, 1.165) is 17.1 Å². The van der Waals surface area contributed by atoms with Crippen molar-refractivity contribution in [3.05, 3.63) is 23.0 Å². The number of rotatable bonds is 6. The van der Waals surface area contributed by atoms with E-state index in [9.17, 15) is 4.79 Å². The molecule has 0 unspecified atom stereocenters. The Labute approximate surface area is 111 Å². The van der Waals surface area contributed by atoms with Crippen LogP contribution in [0.2, 0.25) is 0 Å². The summed E-state index contributed by atoms with van der Waals surface area (Å²) in [5.74, 6) is -0.296. The van der Waals surface area contributed by atoms with Crippen molar-refractivity contribution in [3.63, 3.8) is 0 Å². The van der Waals surface area contributed by atoms with Crippen LogP contribution in [0.4, 0.5) is 0 Å². The molecule has 0 aliphatic carbocycles. The van der Waals surface area contributed by atoms with Crippen molar-refractivity contribution < 1.29 is 9.53 Å². The van der Waals surface area contributed by atoms with E-state index in [1.54, 1.807) is 6.20 Å². The minimum atomic E-state index is -0.296. The van der Waals surface area contributed by atoms with Crippen LogP contribution in [0.1, 0.15) is 48.0 Å². The number of ether oxygens (including phenoxy) is 1. The molecule has 0 fully saturated rings. The molecule has 0 spiro atoms. The van der Waals surface area contributed by atoms with Gasteiger partial charge in [-0.05, 0) is 12.8 Å². The van der Waals surface area contributed by atoms with Crippen LogP contribution in [0.25, 0.3) is 4.96 Å². The summed E-state index contributed by atoms with van der Waals surface area (Å²) in [7, 11) is 1.39. The number of unbranched alkanes of at least 4 members (excludes halogenated alkanes) is 3. The van der Waals surface area contributed by atoms with Gasteiger partial charge in [-0.3, -0.25) is 4.40 Å². The average molecular weight is 266 g/mol. The predicted octanol–water partition coefficient (Wildman–Crippen LogP) is 3.31. The summed E-state index contributed by atoms with van der Waals surface area (Å²) < 4.78 is 6.60. The molecular weight excluding hydrogens is 248 g/mol. The number of hydrogen-bond donors (Lipinski definition) is 0. The van der Waals surface area contributed by atoms with Gasteiger partial charge in [-0.15, -0.1) is 0 Å². The molecule has 4 nitrogen and oxygen atoms in total. The van der Waals surface area contributed by atoms with Crippen LogP contribution in [0, 0.1) is 0 Å². The van der Waals surface area contributed by atoms with Crippen molar-refractivity contribution in [2.75, 3.05) is 7.11 Å². The van der Waals surface area contributed by atoms with Crippen molar-refractivity contribution in [1.82, 2.24) is 9.38 Å². The molecule has 2 heterocycles. The fourth-order valence-electron chi connectivity index (χ4n) is 1.89. The Morgan fingerprint density at radius 2 is 2.22 bits per heavy atom. The van der Waals surface area contributed by atoms with Crippen LogP contribution >= 0.6 is 11.3 Å². The van der Waals surface area contributed by atoms with E-state index in [1.807, 2.05) is 10.6 Å². The van der Waals surface area contributed by atoms with Gasteiger partial charge in [0.2, 0.25) is 0 Å². The van der Waals surface area contributed by atoms with Gasteiger partial charge in [-0.2, -0.15) is 0 Å². The smallest absolute Gasteiger partial charge is 0.349 e. The van der Waals surface area contributed by atoms with Gasteiger partial charge in [0, 0.05) is 12.4 Å². The maximum absolute atomic E-state index is 11.4. The molecule has 0 radical (unpaired) electrons. The Morgan fingerprint density at radius 3 is 2.89 bits per heavy atom. The highest BCUT2D eigenvalue weighted by atomic mass is 32.1. The van der Waals surface area contributed by atoms with Crippen LogP contribution < -0.4 is 0 Å². The molecule has 0 atom stereocenters. The fraction of sp³-hybridized carbons (Fsp3) is 0.538. The average Bonchev–Trinajstić information content (AvgIpc) is 2.91. The molecule has 0 aliphatic heterocycles. The van der Waals surface area contributed by atoms with Crippen LogP contribution in [-0.4, -0.2) is 22.5 Å². The van der Waals surface area contributed by atoms with Crippen LogP contribution in [0.5, 0.6) is 0 Å². The van der Waals surface area contributed by atoms with Gasteiger partial charge in [0.1, 0.15) is 4.88 Å². The highest BCUT2D eigenvalue weighted by Gasteiger charge is 2.12. The predicted molar refractivity (Wildman–Crippen MR) is 72.3 cm³/mol. The SMILES string of the molecule is CCCCCCc1cn2cc(C(=O)OC)sc2n1. The Bertz CT molecular complexity index is 499. The number of fused-ring (bicyclic) bond motifs is 1. The van der Waals surface area contributed by atoms with Gasteiger partial charge < -0.3 is 4.74 Å². The van der Waals surface area contributed by atoms with Gasteiger partial charge in [0.25, 0.3) is 0 Å². The third kappa shape index (κ3) is 2.90. The normalized spacial score (nSPS) is 11.0. The second-order valence-corrected chi connectivity index (χ2v) is 5.33. The highest BCUT2D eigenvalue weighted by molar-refractivity contribution is 7.18. The lowest BCUT2D eigenvalue weighted by atomic mass is 10.1. The van der Waals surface area contributed by atoms with Gasteiger partial charge in [-0.25, -0.2) is 9.78 Å². The van der Waals surface area contributed by atoms with E-state index < -0.39 is 0 Å².